The summed E-state index contributed by atoms with van der Waals surface area (Å²) in [6.45, 7) is 4.43. The zero-order chi connectivity index (χ0) is 12.0. The number of anilines is 1. The van der Waals surface area contributed by atoms with Gasteiger partial charge in [0.2, 0.25) is 11.8 Å². The summed E-state index contributed by atoms with van der Waals surface area (Å²) in [6.07, 6.45) is 1.41. The van der Waals surface area contributed by atoms with E-state index in [1.165, 1.54) is 0 Å². The molecule has 1 heterocycles. The van der Waals surface area contributed by atoms with Crippen molar-refractivity contribution < 1.29 is 9.84 Å². The quantitative estimate of drug-likeness (QED) is 0.716. The van der Waals surface area contributed by atoms with Gasteiger partial charge < -0.3 is 15.2 Å². The van der Waals surface area contributed by atoms with Gasteiger partial charge in [0.25, 0.3) is 0 Å². The molecule has 1 unspecified atom stereocenters. The van der Waals surface area contributed by atoms with E-state index in [1.54, 1.807) is 20.1 Å². The Morgan fingerprint density at radius 3 is 2.88 bits per heavy atom. The van der Waals surface area contributed by atoms with E-state index in [9.17, 15) is 0 Å². The van der Waals surface area contributed by atoms with E-state index in [0.717, 1.165) is 25.1 Å². The molecular formula is C11H19N3O2. The smallest absolute Gasteiger partial charge is 0.226 e. The van der Waals surface area contributed by atoms with Crippen LogP contribution in [-0.2, 0) is 0 Å². The van der Waals surface area contributed by atoms with Crippen molar-refractivity contribution >= 4 is 5.95 Å². The summed E-state index contributed by atoms with van der Waals surface area (Å²) in [5.41, 5.74) is 0.866. The van der Waals surface area contributed by atoms with Crippen molar-refractivity contribution in [3.05, 3.63) is 11.8 Å². The molecule has 0 radical (unpaired) electrons. The van der Waals surface area contributed by atoms with Crippen molar-refractivity contribution in [2.75, 3.05) is 19.0 Å². The van der Waals surface area contributed by atoms with Crippen LogP contribution >= 0.6 is 0 Å². The Morgan fingerprint density at radius 1 is 1.50 bits per heavy atom. The van der Waals surface area contributed by atoms with Crippen molar-refractivity contribution in [3.8, 4) is 5.88 Å². The number of ether oxygens (including phenoxy) is 1. The van der Waals surface area contributed by atoms with E-state index < -0.39 is 0 Å². The molecule has 0 aliphatic heterocycles. The zero-order valence-corrected chi connectivity index (χ0v) is 10.0. The van der Waals surface area contributed by atoms with Crippen LogP contribution in [0.3, 0.4) is 0 Å². The second kappa shape index (κ2) is 6.27. The number of hydrogen-bond donors (Lipinski definition) is 2. The highest BCUT2D eigenvalue weighted by molar-refractivity contribution is 5.30. The molecule has 1 aromatic rings. The molecule has 5 heteroatoms. The second-order valence-corrected chi connectivity index (χ2v) is 3.79. The number of aromatic nitrogens is 2. The third-order valence-electron chi connectivity index (χ3n) is 2.12. The molecule has 0 fully saturated rings. The van der Waals surface area contributed by atoms with Crippen LogP contribution in [0.4, 0.5) is 5.95 Å². The lowest BCUT2D eigenvalue weighted by Crippen LogP contribution is -2.09. The van der Waals surface area contributed by atoms with Gasteiger partial charge in [0.15, 0.2) is 0 Å². The van der Waals surface area contributed by atoms with Gasteiger partial charge in [0.1, 0.15) is 0 Å². The lowest BCUT2D eigenvalue weighted by atomic mass is 10.2. The molecule has 90 valence electrons. The summed E-state index contributed by atoms with van der Waals surface area (Å²) in [5.74, 6) is 1.13. The van der Waals surface area contributed by atoms with E-state index in [2.05, 4.69) is 15.3 Å². The highest BCUT2D eigenvalue weighted by Crippen LogP contribution is 2.11. The Balaban J connectivity index is 2.44. The average molecular weight is 225 g/mol. The van der Waals surface area contributed by atoms with E-state index in [0.29, 0.717) is 11.8 Å². The molecule has 0 bridgehead atoms. The van der Waals surface area contributed by atoms with Crippen LogP contribution in [0.25, 0.3) is 0 Å². The first-order valence-electron chi connectivity index (χ1n) is 5.43. The monoisotopic (exact) mass is 225 g/mol. The molecule has 2 N–H and O–H groups in total. The fourth-order valence-corrected chi connectivity index (χ4v) is 1.32. The number of aryl methyl sites for hydroxylation is 1. The predicted octanol–water partition coefficient (Wildman–Crippen LogP) is 1.37. The maximum Gasteiger partial charge on any atom is 0.226 e. The van der Waals surface area contributed by atoms with Gasteiger partial charge in [-0.15, -0.1) is 0 Å². The Kier molecular flexibility index (Phi) is 4.98. The number of aliphatic hydroxyl groups is 1. The summed E-state index contributed by atoms with van der Waals surface area (Å²) in [6, 6.07) is 1.78. The molecule has 0 aromatic carbocycles. The van der Waals surface area contributed by atoms with Gasteiger partial charge in [-0.2, -0.15) is 4.98 Å². The number of hydrogen-bond acceptors (Lipinski definition) is 5. The van der Waals surface area contributed by atoms with Crippen LogP contribution in [0.1, 0.15) is 25.5 Å². The van der Waals surface area contributed by atoms with Crippen molar-refractivity contribution in [2.24, 2.45) is 0 Å². The molecule has 1 atom stereocenters. The Bertz CT molecular complexity index is 329. The van der Waals surface area contributed by atoms with Crippen LogP contribution < -0.4 is 10.1 Å². The lowest BCUT2D eigenvalue weighted by Gasteiger charge is -2.08. The highest BCUT2D eigenvalue weighted by atomic mass is 16.5. The third-order valence-corrected chi connectivity index (χ3v) is 2.12. The topological polar surface area (TPSA) is 67.3 Å². The van der Waals surface area contributed by atoms with Crippen molar-refractivity contribution in [1.29, 1.82) is 0 Å². The number of nitrogens with one attached hydrogen (secondary N) is 1. The van der Waals surface area contributed by atoms with Gasteiger partial charge in [-0.05, 0) is 26.7 Å². The highest BCUT2D eigenvalue weighted by Gasteiger charge is 2.01. The normalized spacial score (nSPS) is 12.2. The van der Waals surface area contributed by atoms with E-state index in [1.807, 2.05) is 6.92 Å². The maximum absolute atomic E-state index is 9.10. The van der Waals surface area contributed by atoms with E-state index >= 15 is 0 Å². The molecule has 0 amide bonds. The van der Waals surface area contributed by atoms with Gasteiger partial charge in [-0.3, -0.25) is 0 Å². The van der Waals surface area contributed by atoms with Crippen LogP contribution in [-0.4, -0.2) is 34.8 Å². The van der Waals surface area contributed by atoms with Crippen LogP contribution in [0.2, 0.25) is 0 Å². The minimum absolute atomic E-state index is 0.255. The standard InChI is InChI=1S/C11H19N3O2/c1-8-7-10(16-3)14-11(13-8)12-6-4-5-9(2)15/h7,9,15H,4-6H2,1-3H3,(H,12,13,14). The van der Waals surface area contributed by atoms with Gasteiger partial charge >= 0.3 is 0 Å². The second-order valence-electron chi connectivity index (χ2n) is 3.79. The zero-order valence-electron chi connectivity index (χ0n) is 10.0. The van der Waals surface area contributed by atoms with Gasteiger partial charge in [0.05, 0.1) is 13.2 Å². The number of rotatable bonds is 6. The van der Waals surface area contributed by atoms with Gasteiger partial charge in [-0.25, -0.2) is 4.98 Å². The minimum atomic E-state index is -0.255. The molecule has 0 saturated heterocycles. The fourth-order valence-electron chi connectivity index (χ4n) is 1.32. The molecule has 5 nitrogen and oxygen atoms in total. The largest absolute Gasteiger partial charge is 0.481 e. The summed E-state index contributed by atoms with van der Waals surface area (Å²) >= 11 is 0. The van der Waals surface area contributed by atoms with Crippen LogP contribution in [0, 0.1) is 6.92 Å². The number of methoxy groups -OCH3 is 1. The minimum Gasteiger partial charge on any atom is -0.481 e. The third kappa shape index (κ3) is 4.44. The Morgan fingerprint density at radius 2 is 2.25 bits per heavy atom. The average Bonchev–Trinajstić information content (AvgIpc) is 2.23. The van der Waals surface area contributed by atoms with Crippen LogP contribution in [0.15, 0.2) is 6.07 Å². The molecule has 0 aliphatic carbocycles. The predicted molar refractivity (Wildman–Crippen MR) is 62.7 cm³/mol. The molecule has 1 aromatic heterocycles. The first-order valence-corrected chi connectivity index (χ1v) is 5.43. The first-order chi connectivity index (χ1) is 7.61. The van der Waals surface area contributed by atoms with Gasteiger partial charge in [-0.1, -0.05) is 0 Å². The Hall–Kier alpha value is -1.36. The van der Waals surface area contributed by atoms with Crippen molar-refractivity contribution in [1.82, 2.24) is 9.97 Å². The number of aliphatic hydroxyl groups excluding tert-OH is 1. The van der Waals surface area contributed by atoms with E-state index in [4.69, 9.17) is 9.84 Å². The molecular weight excluding hydrogens is 206 g/mol. The van der Waals surface area contributed by atoms with E-state index in [-0.39, 0.29) is 6.10 Å². The van der Waals surface area contributed by atoms with Crippen molar-refractivity contribution in [2.45, 2.75) is 32.8 Å². The van der Waals surface area contributed by atoms with Crippen molar-refractivity contribution in [3.63, 3.8) is 0 Å². The molecule has 0 spiro atoms. The lowest BCUT2D eigenvalue weighted by molar-refractivity contribution is 0.183. The molecule has 0 aliphatic rings. The summed E-state index contributed by atoms with van der Waals surface area (Å²) < 4.78 is 5.05. The fraction of sp³-hybridized carbons (Fsp3) is 0.636. The summed E-state index contributed by atoms with van der Waals surface area (Å²) in [4.78, 5) is 8.40. The van der Waals surface area contributed by atoms with Gasteiger partial charge in [0, 0.05) is 18.3 Å². The summed E-state index contributed by atoms with van der Waals surface area (Å²) in [7, 11) is 1.58. The SMILES string of the molecule is COc1cc(C)nc(NCCCC(C)O)n1. The summed E-state index contributed by atoms with van der Waals surface area (Å²) in [5, 5.41) is 12.2. The molecule has 1 rings (SSSR count). The van der Waals surface area contributed by atoms with Crippen LogP contribution in [0.5, 0.6) is 5.88 Å². The number of nitrogens with zero attached hydrogens (tertiary/aromatic N) is 2. The Labute approximate surface area is 95.9 Å². The maximum atomic E-state index is 9.10. The first kappa shape index (κ1) is 12.7. The molecule has 0 saturated carbocycles. The molecule has 16 heavy (non-hydrogen) atoms.